The van der Waals surface area contributed by atoms with Crippen LogP contribution < -0.4 is 5.14 Å². The molecule has 0 aliphatic carbocycles. The van der Waals surface area contributed by atoms with Crippen LogP contribution in [0.5, 0.6) is 0 Å². The Kier molecular flexibility index (Phi) is 2.36. The van der Waals surface area contributed by atoms with E-state index in [9.17, 15) is 17.2 Å². The zero-order valence-electron chi connectivity index (χ0n) is 6.71. The molecule has 0 atom stereocenters. The molecule has 0 spiro atoms. The van der Waals surface area contributed by atoms with Gasteiger partial charge in [0.15, 0.2) is 11.6 Å². The molecular weight excluding hydrogens is 200 g/mol. The van der Waals surface area contributed by atoms with E-state index in [0.717, 1.165) is 12.1 Å². The Labute approximate surface area is 74.2 Å². The fraction of sp³-hybridized carbons (Fsp3) is 0.143. The average Bonchev–Trinajstić information content (AvgIpc) is 1.98. The zero-order chi connectivity index (χ0) is 10.2. The summed E-state index contributed by atoms with van der Waals surface area (Å²) in [6.45, 7) is 1.32. The Balaban J connectivity index is 3.53. The quantitative estimate of drug-likeness (QED) is 0.744. The lowest BCUT2D eigenvalue weighted by molar-refractivity contribution is 0.480. The summed E-state index contributed by atoms with van der Waals surface area (Å²) in [5.74, 6) is -2.62. The number of halogens is 2. The van der Waals surface area contributed by atoms with E-state index in [-0.39, 0.29) is 5.56 Å². The number of nitrogens with two attached hydrogens (primary N) is 1. The predicted molar refractivity (Wildman–Crippen MR) is 42.5 cm³/mol. The van der Waals surface area contributed by atoms with Crippen molar-refractivity contribution in [3.8, 4) is 0 Å². The van der Waals surface area contributed by atoms with Gasteiger partial charge in [0.1, 0.15) is 4.90 Å². The average molecular weight is 207 g/mol. The molecule has 3 nitrogen and oxygen atoms in total. The van der Waals surface area contributed by atoms with Crippen LogP contribution in [0.15, 0.2) is 17.0 Å². The third-order valence-corrected chi connectivity index (χ3v) is 2.47. The van der Waals surface area contributed by atoms with Crippen LogP contribution in [0.3, 0.4) is 0 Å². The van der Waals surface area contributed by atoms with Gasteiger partial charge >= 0.3 is 0 Å². The number of rotatable bonds is 1. The summed E-state index contributed by atoms with van der Waals surface area (Å²) in [5, 5.41) is 4.64. The molecule has 0 unspecified atom stereocenters. The number of aryl methyl sites for hydroxylation is 1. The van der Waals surface area contributed by atoms with E-state index in [1.165, 1.54) is 6.92 Å². The Morgan fingerprint density at radius 3 is 2.23 bits per heavy atom. The molecule has 0 heterocycles. The van der Waals surface area contributed by atoms with E-state index in [0.29, 0.717) is 0 Å². The largest absolute Gasteiger partial charge is 0.241 e. The lowest BCUT2D eigenvalue weighted by Crippen LogP contribution is -2.15. The molecule has 0 saturated heterocycles. The molecule has 0 radical (unpaired) electrons. The van der Waals surface area contributed by atoms with Crippen LogP contribution in [0.25, 0.3) is 0 Å². The highest BCUT2D eigenvalue weighted by atomic mass is 32.2. The van der Waals surface area contributed by atoms with Crippen molar-refractivity contribution in [2.75, 3.05) is 0 Å². The molecule has 1 rings (SSSR count). The van der Waals surface area contributed by atoms with Gasteiger partial charge in [0.25, 0.3) is 0 Å². The van der Waals surface area contributed by atoms with Gasteiger partial charge in [-0.2, -0.15) is 0 Å². The molecule has 0 amide bonds. The number of sulfonamides is 1. The molecule has 72 valence electrons. The molecule has 2 N–H and O–H groups in total. The SMILES string of the molecule is Cc1ccc(S(N)(=O)=O)c(F)c1F. The van der Waals surface area contributed by atoms with Crippen molar-refractivity contribution in [3.05, 3.63) is 29.3 Å². The predicted octanol–water partition coefficient (Wildman–Crippen LogP) is 0.921. The van der Waals surface area contributed by atoms with Crippen molar-refractivity contribution in [3.63, 3.8) is 0 Å². The van der Waals surface area contributed by atoms with Gasteiger partial charge < -0.3 is 0 Å². The van der Waals surface area contributed by atoms with Crippen LogP contribution >= 0.6 is 0 Å². The Bertz CT molecular complexity index is 442. The summed E-state index contributed by atoms with van der Waals surface area (Å²) in [7, 11) is -4.19. The summed E-state index contributed by atoms with van der Waals surface area (Å²) in [6, 6.07) is 2.08. The Morgan fingerprint density at radius 1 is 1.23 bits per heavy atom. The molecule has 0 bridgehead atoms. The molecule has 0 fully saturated rings. The lowest BCUT2D eigenvalue weighted by atomic mass is 10.2. The first-order chi connectivity index (χ1) is 5.84. The van der Waals surface area contributed by atoms with Crippen molar-refractivity contribution in [2.24, 2.45) is 5.14 Å². The van der Waals surface area contributed by atoms with Gasteiger partial charge in [0, 0.05) is 0 Å². The third kappa shape index (κ3) is 1.84. The molecular formula is C7H7F2NO2S. The number of hydrogen-bond donors (Lipinski definition) is 1. The lowest BCUT2D eigenvalue weighted by Gasteiger charge is -2.02. The highest BCUT2D eigenvalue weighted by Gasteiger charge is 2.18. The molecule has 1 aromatic rings. The topological polar surface area (TPSA) is 60.2 Å². The number of benzene rings is 1. The van der Waals surface area contributed by atoms with Gasteiger partial charge in [-0.3, -0.25) is 0 Å². The van der Waals surface area contributed by atoms with Crippen molar-refractivity contribution >= 4 is 10.0 Å². The van der Waals surface area contributed by atoms with Crippen molar-refractivity contribution in [1.82, 2.24) is 0 Å². The van der Waals surface area contributed by atoms with Crippen LogP contribution in [0, 0.1) is 18.6 Å². The van der Waals surface area contributed by atoms with Crippen molar-refractivity contribution < 1.29 is 17.2 Å². The first-order valence-electron chi connectivity index (χ1n) is 3.31. The van der Waals surface area contributed by atoms with E-state index in [2.05, 4.69) is 5.14 Å². The first-order valence-corrected chi connectivity index (χ1v) is 4.86. The summed E-state index contributed by atoms with van der Waals surface area (Å²) in [6.07, 6.45) is 0. The summed E-state index contributed by atoms with van der Waals surface area (Å²) in [4.78, 5) is -0.824. The molecule has 0 saturated carbocycles. The second kappa shape index (κ2) is 3.04. The van der Waals surface area contributed by atoms with Crippen LogP contribution in [-0.2, 0) is 10.0 Å². The minimum absolute atomic E-state index is 0.0323. The van der Waals surface area contributed by atoms with Gasteiger partial charge in [-0.1, -0.05) is 6.07 Å². The highest BCUT2D eigenvalue weighted by molar-refractivity contribution is 7.89. The minimum atomic E-state index is -4.19. The van der Waals surface area contributed by atoms with Gasteiger partial charge in [0.2, 0.25) is 10.0 Å². The number of hydrogen-bond acceptors (Lipinski definition) is 2. The molecule has 1 aromatic carbocycles. The third-order valence-electron chi connectivity index (χ3n) is 1.55. The Morgan fingerprint density at radius 2 is 1.77 bits per heavy atom. The molecule has 0 aliphatic heterocycles. The van der Waals surface area contributed by atoms with E-state index in [1.807, 2.05) is 0 Å². The van der Waals surface area contributed by atoms with E-state index in [4.69, 9.17) is 0 Å². The standard InChI is InChI=1S/C7H7F2NO2S/c1-4-2-3-5(13(10,11)12)7(9)6(4)8/h2-3H,1H3,(H2,10,11,12). The van der Waals surface area contributed by atoms with Crippen LogP contribution in [0.2, 0.25) is 0 Å². The first kappa shape index (κ1) is 10.1. The summed E-state index contributed by atoms with van der Waals surface area (Å²) < 4.78 is 47.1. The van der Waals surface area contributed by atoms with Gasteiger partial charge in [0.05, 0.1) is 0 Å². The maximum atomic E-state index is 12.9. The van der Waals surface area contributed by atoms with E-state index >= 15 is 0 Å². The second-order valence-corrected chi connectivity index (χ2v) is 4.08. The van der Waals surface area contributed by atoms with Crippen LogP contribution in [0.4, 0.5) is 8.78 Å². The van der Waals surface area contributed by atoms with E-state index in [1.54, 1.807) is 0 Å². The normalized spacial score (nSPS) is 11.7. The molecule has 13 heavy (non-hydrogen) atoms. The monoisotopic (exact) mass is 207 g/mol. The molecule has 0 aromatic heterocycles. The van der Waals surface area contributed by atoms with Gasteiger partial charge in [-0.05, 0) is 18.6 Å². The summed E-state index contributed by atoms with van der Waals surface area (Å²) >= 11 is 0. The van der Waals surface area contributed by atoms with Crippen LogP contribution in [-0.4, -0.2) is 8.42 Å². The van der Waals surface area contributed by atoms with Crippen molar-refractivity contribution in [1.29, 1.82) is 0 Å². The second-order valence-electron chi connectivity index (χ2n) is 2.55. The minimum Gasteiger partial charge on any atom is -0.225 e. The Hall–Kier alpha value is -1.01. The van der Waals surface area contributed by atoms with Gasteiger partial charge in [-0.25, -0.2) is 22.3 Å². The molecule has 6 heteroatoms. The fourth-order valence-corrected chi connectivity index (χ4v) is 1.45. The van der Waals surface area contributed by atoms with Crippen molar-refractivity contribution in [2.45, 2.75) is 11.8 Å². The maximum absolute atomic E-state index is 12.9. The van der Waals surface area contributed by atoms with E-state index < -0.39 is 26.6 Å². The van der Waals surface area contributed by atoms with Gasteiger partial charge in [-0.15, -0.1) is 0 Å². The smallest absolute Gasteiger partial charge is 0.225 e. The zero-order valence-corrected chi connectivity index (χ0v) is 7.53. The highest BCUT2D eigenvalue weighted by Crippen LogP contribution is 2.18. The summed E-state index contributed by atoms with van der Waals surface area (Å²) in [5.41, 5.74) is 0.0323. The fourth-order valence-electron chi connectivity index (χ4n) is 0.848. The molecule has 0 aliphatic rings. The van der Waals surface area contributed by atoms with Crippen LogP contribution in [0.1, 0.15) is 5.56 Å². The number of primary sulfonamides is 1. The maximum Gasteiger partial charge on any atom is 0.241 e.